The number of nitrogens with one attached hydrogen (secondary N) is 2. The first kappa shape index (κ1) is 17.3. The van der Waals surface area contributed by atoms with E-state index < -0.39 is 5.91 Å². The molecule has 126 valence electrons. The Morgan fingerprint density at radius 1 is 1.33 bits per heavy atom. The molecule has 7 nitrogen and oxygen atoms in total. The topological polar surface area (TPSA) is 111 Å². The van der Waals surface area contributed by atoms with Crippen LogP contribution in [0.1, 0.15) is 23.2 Å². The van der Waals surface area contributed by atoms with Crippen molar-refractivity contribution in [1.82, 2.24) is 10.6 Å². The highest BCUT2D eigenvalue weighted by molar-refractivity contribution is 5.95. The summed E-state index contributed by atoms with van der Waals surface area (Å²) in [6, 6.07) is 6.65. The third-order valence-corrected chi connectivity index (χ3v) is 3.56. The smallest absolute Gasteiger partial charge is 0.252 e. The molecule has 1 atom stereocenters. The minimum Gasteiger partial charge on any atom is -0.480 e. The molecule has 1 aromatic carbocycles. The summed E-state index contributed by atoms with van der Waals surface area (Å²) in [5.41, 5.74) is 5.55. The Morgan fingerprint density at radius 3 is 2.83 bits per heavy atom. The van der Waals surface area contributed by atoms with Crippen molar-refractivity contribution in [2.75, 3.05) is 19.7 Å². The van der Waals surface area contributed by atoms with Crippen LogP contribution in [-0.2, 0) is 9.59 Å². The summed E-state index contributed by atoms with van der Waals surface area (Å²) < 4.78 is 5.40. The average Bonchev–Trinajstić information content (AvgIpc) is 2.58. The number of benzene rings is 1. The van der Waals surface area contributed by atoms with Crippen LogP contribution in [0.25, 0.3) is 0 Å². The van der Waals surface area contributed by atoms with E-state index in [2.05, 4.69) is 22.5 Å². The van der Waals surface area contributed by atoms with Gasteiger partial charge in [0.1, 0.15) is 12.4 Å². The van der Waals surface area contributed by atoms with Crippen molar-refractivity contribution in [3.63, 3.8) is 0 Å². The van der Waals surface area contributed by atoms with E-state index in [1.807, 2.05) is 0 Å². The summed E-state index contributed by atoms with van der Waals surface area (Å²) in [4.78, 5) is 34.1. The maximum absolute atomic E-state index is 11.9. The molecular weight excluding hydrogens is 310 g/mol. The molecule has 2 rings (SSSR count). The van der Waals surface area contributed by atoms with Crippen LogP contribution in [0.2, 0.25) is 0 Å². The largest absolute Gasteiger partial charge is 0.480 e. The van der Waals surface area contributed by atoms with Crippen molar-refractivity contribution in [2.45, 2.75) is 12.8 Å². The zero-order chi connectivity index (χ0) is 17.4. The SMILES string of the molecule is NC(=O)c1ccccc1OCC#CCNC(=O)C1CCC(=O)NC1. The first-order valence-electron chi connectivity index (χ1n) is 7.59. The van der Waals surface area contributed by atoms with Gasteiger partial charge in [-0.15, -0.1) is 0 Å². The molecule has 1 fully saturated rings. The maximum Gasteiger partial charge on any atom is 0.252 e. The molecule has 0 saturated carbocycles. The highest BCUT2D eigenvalue weighted by Crippen LogP contribution is 2.16. The second-order valence-electron chi connectivity index (χ2n) is 5.26. The summed E-state index contributed by atoms with van der Waals surface area (Å²) in [7, 11) is 0. The number of ether oxygens (including phenoxy) is 1. The van der Waals surface area contributed by atoms with Gasteiger partial charge in [-0.25, -0.2) is 0 Å². The predicted octanol–water partition coefficient (Wildman–Crippen LogP) is -0.190. The molecule has 4 N–H and O–H groups in total. The number of rotatable bonds is 5. The van der Waals surface area contributed by atoms with Crippen LogP contribution in [0.5, 0.6) is 5.75 Å². The Morgan fingerprint density at radius 2 is 2.12 bits per heavy atom. The minimum absolute atomic E-state index is 0.0211. The van der Waals surface area contributed by atoms with Gasteiger partial charge in [0.2, 0.25) is 11.8 Å². The monoisotopic (exact) mass is 329 g/mol. The Bertz CT molecular complexity index is 681. The van der Waals surface area contributed by atoms with Gasteiger partial charge < -0.3 is 21.1 Å². The third-order valence-electron chi connectivity index (χ3n) is 3.56. The van der Waals surface area contributed by atoms with E-state index >= 15 is 0 Å². The lowest BCUT2D eigenvalue weighted by atomic mass is 9.98. The van der Waals surface area contributed by atoms with Crippen molar-refractivity contribution < 1.29 is 19.1 Å². The third kappa shape index (κ3) is 5.02. The molecular formula is C17H19N3O4. The summed E-state index contributed by atoms with van der Waals surface area (Å²) in [6.07, 6.45) is 0.926. The van der Waals surface area contributed by atoms with Gasteiger partial charge >= 0.3 is 0 Å². The summed E-state index contributed by atoms with van der Waals surface area (Å²) >= 11 is 0. The maximum atomic E-state index is 11.9. The zero-order valence-electron chi connectivity index (χ0n) is 13.1. The molecule has 0 radical (unpaired) electrons. The number of nitrogens with two attached hydrogens (primary N) is 1. The summed E-state index contributed by atoms with van der Waals surface area (Å²) in [6.45, 7) is 0.648. The van der Waals surface area contributed by atoms with Crippen molar-refractivity contribution in [2.24, 2.45) is 11.7 Å². The molecule has 1 aromatic rings. The van der Waals surface area contributed by atoms with E-state index in [0.29, 0.717) is 30.7 Å². The van der Waals surface area contributed by atoms with Crippen LogP contribution in [0.3, 0.4) is 0 Å². The molecule has 7 heteroatoms. The van der Waals surface area contributed by atoms with Gasteiger partial charge in [0.25, 0.3) is 5.91 Å². The second kappa shape index (κ2) is 8.58. The average molecular weight is 329 g/mol. The molecule has 1 unspecified atom stereocenters. The number of hydrogen-bond acceptors (Lipinski definition) is 4. The van der Waals surface area contributed by atoms with Crippen LogP contribution in [0, 0.1) is 17.8 Å². The number of piperidine rings is 1. The first-order valence-corrected chi connectivity index (χ1v) is 7.59. The van der Waals surface area contributed by atoms with Crippen LogP contribution in [0.15, 0.2) is 24.3 Å². The number of carbonyl (C=O) groups is 3. The summed E-state index contributed by atoms with van der Waals surface area (Å²) in [5.74, 6) is 4.99. The van der Waals surface area contributed by atoms with Gasteiger partial charge in [-0.2, -0.15) is 0 Å². The van der Waals surface area contributed by atoms with Crippen LogP contribution >= 0.6 is 0 Å². The molecule has 1 heterocycles. The lowest BCUT2D eigenvalue weighted by Gasteiger charge is -2.20. The van der Waals surface area contributed by atoms with Gasteiger partial charge in [-0.05, 0) is 18.6 Å². The molecule has 1 aliphatic heterocycles. The van der Waals surface area contributed by atoms with E-state index in [9.17, 15) is 14.4 Å². The quantitative estimate of drug-likeness (QED) is 0.650. The molecule has 0 bridgehead atoms. The zero-order valence-corrected chi connectivity index (χ0v) is 13.1. The van der Waals surface area contributed by atoms with E-state index in [0.717, 1.165) is 0 Å². The van der Waals surface area contributed by atoms with Gasteiger partial charge in [0, 0.05) is 13.0 Å². The molecule has 1 aliphatic rings. The number of hydrogen-bond donors (Lipinski definition) is 3. The summed E-state index contributed by atoms with van der Waals surface area (Å²) in [5, 5.41) is 5.36. The van der Waals surface area contributed by atoms with Gasteiger partial charge in [0.05, 0.1) is 18.0 Å². The molecule has 0 aliphatic carbocycles. The van der Waals surface area contributed by atoms with Gasteiger partial charge in [-0.1, -0.05) is 24.0 Å². The Kier molecular flexibility index (Phi) is 6.20. The molecule has 24 heavy (non-hydrogen) atoms. The standard InChI is InChI=1S/C17H19N3O4/c18-16(22)13-5-1-2-6-14(13)24-10-4-3-9-19-17(23)12-7-8-15(21)20-11-12/h1-2,5-6,12H,7-11H2,(H2,18,22)(H,19,23)(H,20,21). The van der Waals surface area contributed by atoms with E-state index in [1.54, 1.807) is 24.3 Å². The second-order valence-corrected chi connectivity index (χ2v) is 5.26. The van der Waals surface area contributed by atoms with E-state index in [4.69, 9.17) is 10.5 Å². The highest BCUT2D eigenvalue weighted by Gasteiger charge is 2.23. The van der Waals surface area contributed by atoms with Crippen molar-refractivity contribution in [3.8, 4) is 17.6 Å². The van der Waals surface area contributed by atoms with Crippen molar-refractivity contribution >= 4 is 17.7 Å². The number of amides is 3. The minimum atomic E-state index is -0.564. The van der Waals surface area contributed by atoms with E-state index in [-0.39, 0.29) is 30.9 Å². The van der Waals surface area contributed by atoms with Crippen LogP contribution < -0.4 is 21.1 Å². The lowest BCUT2D eigenvalue weighted by molar-refractivity contribution is -0.128. The fraction of sp³-hybridized carbons (Fsp3) is 0.353. The van der Waals surface area contributed by atoms with Crippen molar-refractivity contribution in [1.29, 1.82) is 0 Å². The Labute approximate surface area is 139 Å². The van der Waals surface area contributed by atoms with Crippen LogP contribution in [-0.4, -0.2) is 37.4 Å². The Balaban J connectivity index is 1.72. The fourth-order valence-electron chi connectivity index (χ4n) is 2.26. The number of para-hydroxylation sites is 1. The fourth-order valence-corrected chi connectivity index (χ4v) is 2.26. The van der Waals surface area contributed by atoms with Gasteiger partial charge in [0.15, 0.2) is 0 Å². The molecule has 1 saturated heterocycles. The highest BCUT2D eigenvalue weighted by atomic mass is 16.5. The van der Waals surface area contributed by atoms with Crippen molar-refractivity contribution in [3.05, 3.63) is 29.8 Å². The molecule has 3 amide bonds. The number of primary amides is 1. The number of carbonyl (C=O) groups excluding carboxylic acids is 3. The normalized spacial score (nSPS) is 16.3. The van der Waals surface area contributed by atoms with Crippen LogP contribution in [0.4, 0.5) is 0 Å². The molecule has 0 spiro atoms. The van der Waals surface area contributed by atoms with Gasteiger partial charge in [-0.3, -0.25) is 14.4 Å². The Hall–Kier alpha value is -3.01. The molecule has 0 aromatic heterocycles. The predicted molar refractivity (Wildman–Crippen MR) is 87.0 cm³/mol. The van der Waals surface area contributed by atoms with E-state index in [1.165, 1.54) is 0 Å². The first-order chi connectivity index (χ1) is 11.6. The lowest BCUT2D eigenvalue weighted by Crippen LogP contribution is -2.43.